The third kappa shape index (κ3) is 8.38. The summed E-state index contributed by atoms with van der Waals surface area (Å²) in [4.78, 5) is 28.8. The van der Waals surface area contributed by atoms with Gasteiger partial charge in [0.05, 0.1) is 17.7 Å². The van der Waals surface area contributed by atoms with Gasteiger partial charge in [-0.15, -0.1) is 0 Å². The van der Waals surface area contributed by atoms with Crippen LogP contribution < -0.4 is 14.4 Å². The molecule has 1 N–H and O–H groups in total. The van der Waals surface area contributed by atoms with Crippen molar-refractivity contribution >= 4 is 50.7 Å². The summed E-state index contributed by atoms with van der Waals surface area (Å²) in [7, 11) is -2.76. The zero-order valence-corrected chi connectivity index (χ0v) is 26.1. The maximum Gasteiger partial charge on any atom is 0.264 e. The van der Waals surface area contributed by atoms with Gasteiger partial charge < -0.3 is 15.0 Å². The number of nitrogens with one attached hydrogen (secondary N) is 1. The highest BCUT2D eigenvalue weighted by molar-refractivity contribution is 7.92. The van der Waals surface area contributed by atoms with Crippen molar-refractivity contribution in [2.75, 3.05) is 18.0 Å². The van der Waals surface area contributed by atoms with E-state index in [-0.39, 0.29) is 23.0 Å². The molecule has 3 rings (SSSR count). The number of carbonyl (C=O) groups excluding carboxylic acids is 2. The van der Waals surface area contributed by atoms with E-state index in [4.69, 9.17) is 27.9 Å². The van der Waals surface area contributed by atoms with Gasteiger partial charge >= 0.3 is 0 Å². The maximum atomic E-state index is 14.1. The van der Waals surface area contributed by atoms with Gasteiger partial charge in [-0.3, -0.25) is 13.9 Å². The summed E-state index contributed by atoms with van der Waals surface area (Å²) in [6.07, 6.45) is 0.292. The number of amides is 2. The fourth-order valence-corrected chi connectivity index (χ4v) is 6.00. The van der Waals surface area contributed by atoms with Crippen molar-refractivity contribution < 1.29 is 22.7 Å². The largest absolute Gasteiger partial charge is 0.497 e. The second-order valence-electron chi connectivity index (χ2n) is 10.4. The minimum Gasteiger partial charge on any atom is -0.497 e. The molecule has 0 aliphatic carbocycles. The Labute approximate surface area is 252 Å². The van der Waals surface area contributed by atoms with Crippen molar-refractivity contribution in [1.29, 1.82) is 0 Å². The van der Waals surface area contributed by atoms with Gasteiger partial charge in [0.25, 0.3) is 10.0 Å². The topological polar surface area (TPSA) is 96.0 Å². The highest BCUT2D eigenvalue weighted by Gasteiger charge is 2.35. The van der Waals surface area contributed by atoms with Crippen LogP contribution >= 0.6 is 23.2 Å². The monoisotopic (exact) mass is 619 g/mol. The minimum absolute atomic E-state index is 0.000541. The molecule has 0 fully saturated rings. The van der Waals surface area contributed by atoms with Crippen molar-refractivity contribution in [2.24, 2.45) is 0 Å². The number of carbonyl (C=O) groups is 2. The molecular weight excluding hydrogens is 585 g/mol. The predicted octanol–water partition coefficient (Wildman–Crippen LogP) is 5.92. The third-order valence-corrected chi connectivity index (χ3v) is 8.60. The van der Waals surface area contributed by atoms with E-state index in [0.717, 1.165) is 4.31 Å². The summed E-state index contributed by atoms with van der Waals surface area (Å²) in [6.45, 7) is 6.75. The Kier molecular flexibility index (Phi) is 10.7. The van der Waals surface area contributed by atoms with Crippen LogP contribution in [0.3, 0.4) is 0 Å². The minimum atomic E-state index is -4.24. The van der Waals surface area contributed by atoms with Gasteiger partial charge in [-0.1, -0.05) is 54.4 Å². The van der Waals surface area contributed by atoms with Crippen LogP contribution in [-0.2, 0) is 26.2 Å². The van der Waals surface area contributed by atoms with Crippen LogP contribution in [0.25, 0.3) is 0 Å². The molecule has 2 amide bonds. The van der Waals surface area contributed by atoms with Crippen molar-refractivity contribution in [3.8, 4) is 5.75 Å². The molecule has 3 aromatic rings. The predicted molar refractivity (Wildman–Crippen MR) is 163 cm³/mol. The number of sulfonamides is 1. The normalized spacial score (nSPS) is 12.4. The van der Waals surface area contributed by atoms with E-state index in [1.54, 1.807) is 49.4 Å². The summed E-state index contributed by atoms with van der Waals surface area (Å²) in [5, 5.41) is 3.66. The molecule has 220 valence electrons. The molecule has 0 aliphatic rings. The van der Waals surface area contributed by atoms with Gasteiger partial charge in [-0.05, 0) is 81.3 Å². The fourth-order valence-electron chi connectivity index (χ4n) is 4.22. The van der Waals surface area contributed by atoms with Gasteiger partial charge in [0.2, 0.25) is 11.8 Å². The van der Waals surface area contributed by atoms with Crippen molar-refractivity contribution in [3.63, 3.8) is 0 Å². The molecule has 0 saturated heterocycles. The third-order valence-electron chi connectivity index (χ3n) is 6.21. The Morgan fingerprint density at radius 3 is 2.20 bits per heavy atom. The molecule has 3 aromatic carbocycles. The van der Waals surface area contributed by atoms with Crippen molar-refractivity contribution in [3.05, 3.63) is 88.4 Å². The number of hydrogen-bond acceptors (Lipinski definition) is 5. The Bertz CT molecular complexity index is 1470. The molecule has 8 nitrogen and oxygen atoms in total. The number of benzene rings is 3. The number of anilines is 1. The first kappa shape index (κ1) is 32.2. The summed E-state index contributed by atoms with van der Waals surface area (Å²) in [6, 6.07) is 18.2. The van der Waals surface area contributed by atoms with Crippen LogP contribution in [-0.4, -0.2) is 50.4 Å². The molecule has 41 heavy (non-hydrogen) atoms. The van der Waals surface area contributed by atoms with Crippen LogP contribution in [0.1, 0.15) is 39.7 Å². The molecule has 0 aromatic heterocycles. The van der Waals surface area contributed by atoms with Crippen LogP contribution in [0.4, 0.5) is 5.69 Å². The molecular formula is C30H35Cl2N3O5S. The second kappa shape index (κ2) is 13.6. The van der Waals surface area contributed by atoms with E-state index in [9.17, 15) is 18.0 Å². The zero-order chi connectivity index (χ0) is 30.4. The van der Waals surface area contributed by atoms with Crippen LogP contribution in [0, 0.1) is 0 Å². The molecule has 0 bridgehead atoms. The number of ether oxygens (including phenoxy) is 1. The molecule has 0 spiro atoms. The van der Waals surface area contributed by atoms with Crippen molar-refractivity contribution in [1.82, 2.24) is 10.2 Å². The van der Waals surface area contributed by atoms with Gasteiger partial charge in [0.1, 0.15) is 18.3 Å². The Balaban J connectivity index is 2.09. The first-order valence-electron chi connectivity index (χ1n) is 13.0. The highest BCUT2D eigenvalue weighted by Crippen LogP contribution is 2.28. The van der Waals surface area contributed by atoms with Crippen LogP contribution in [0.5, 0.6) is 5.75 Å². The Hall–Kier alpha value is -3.27. The quantitative estimate of drug-likeness (QED) is 0.287. The Morgan fingerprint density at radius 2 is 1.63 bits per heavy atom. The number of rotatable bonds is 11. The summed E-state index contributed by atoms with van der Waals surface area (Å²) in [5.74, 6) is -0.457. The fraction of sp³-hybridized carbons (Fsp3) is 0.333. The zero-order valence-electron chi connectivity index (χ0n) is 23.7. The average molecular weight is 621 g/mol. The molecule has 0 unspecified atom stereocenters. The van der Waals surface area contributed by atoms with Crippen LogP contribution in [0.2, 0.25) is 10.0 Å². The van der Waals surface area contributed by atoms with E-state index in [0.29, 0.717) is 27.8 Å². The lowest BCUT2D eigenvalue weighted by atomic mass is 10.1. The van der Waals surface area contributed by atoms with Crippen LogP contribution in [0.15, 0.2) is 77.7 Å². The maximum absolute atomic E-state index is 14.1. The van der Waals surface area contributed by atoms with E-state index < -0.39 is 34.1 Å². The molecule has 0 heterocycles. The first-order chi connectivity index (χ1) is 19.3. The van der Waals surface area contributed by atoms with Gasteiger partial charge in [-0.2, -0.15) is 0 Å². The lowest BCUT2D eigenvalue weighted by molar-refractivity contribution is -0.141. The molecule has 0 radical (unpaired) electrons. The van der Waals surface area contributed by atoms with E-state index >= 15 is 0 Å². The lowest BCUT2D eigenvalue weighted by Gasteiger charge is -2.35. The van der Waals surface area contributed by atoms with Crippen molar-refractivity contribution in [2.45, 2.75) is 57.1 Å². The summed E-state index contributed by atoms with van der Waals surface area (Å²) < 4.78 is 34.1. The van der Waals surface area contributed by atoms with Gasteiger partial charge in [0.15, 0.2) is 0 Å². The smallest absolute Gasteiger partial charge is 0.264 e. The van der Waals surface area contributed by atoms with Gasteiger partial charge in [0, 0.05) is 22.1 Å². The van der Waals surface area contributed by atoms with E-state index in [1.165, 1.54) is 42.3 Å². The standard InChI is InChI=1S/C30H35Cl2N3O5S/c1-6-27(29(37)33-30(2,3)4)34(19-21-10-7-8-13-26(21)32)28(36)20-35(23-12-9-11-22(31)18-23)41(38,39)25-16-14-24(40-5)15-17-25/h7-18,27H,6,19-20H2,1-5H3,(H,33,37)/t27-/m0/s1. The average Bonchev–Trinajstić information content (AvgIpc) is 2.91. The molecule has 1 atom stereocenters. The number of methoxy groups -OCH3 is 1. The van der Waals surface area contributed by atoms with Gasteiger partial charge in [-0.25, -0.2) is 8.42 Å². The highest BCUT2D eigenvalue weighted by atomic mass is 35.5. The lowest BCUT2D eigenvalue weighted by Crippen LogP contribution is -2.55. The van der Waals surface area contributed by atoms with E-state index in [1.807, 2.05) is 20.8 Å². The Morgan fingerprint density at radius 1 is 0.976 bits per heavy atom. The summed E-state index contributed by atoms with van der Waals surface area (Å²) >= 11 is 12.7. The second-order valence-corrected chi connectivity index (χ2v) is 13.1. The number of hydrogen-bond donors (Lipinski definition) is 1. The SMILES string of the molecule is CC[C@@H](C(=O)NC(C)(C)C)N(Cc1ccccc1Cl)C(=O)CN(c1cccc(Cl)c1)S(=O)(=O)c1ccc(OC)cc1. The first-order valence-corrected chi connectivity index (χ1v) is 15.2. The molecule has 0 saturated carbocycles. The number of nitrogens with zero attached hydrogens (tertiary/aromatic N) is 2. The molecule has 11 heteroatoms. The summed E-state index contributed by atoms with van der Waals surface area (Å²) in [5.41, 5.74) is 0.275. The molecule has 0 aliphatic heterocycles. The van der Waals surface area contributed by atoms with E-state index in [2.05, 4.69) is 5.32 Å². The number of halogens is 2.